The molecule has 0 amide bonds. The number of aromatic carboxylic acids is 1. The van der Waals surface area contributed by atoms with Crippen molar-refractivity contribution < 1.29 is 9.90 Å². The number of pyridine rings is 1. The zero-order chi connectivity index (χ0) is 14.8. The molecule has 0 spiro atoms. The van der Waals surface area contributed by atoms with Gasteiger partial charge in [0.05, 0.1) is 17.1 Å². The van der Waals surface area contributed by atoms with Gasteiger partial charge in [0.15, 0.2) is 0 Å². The van der Waals surface area contributed by atoms with Gasteiger partial charge in [0, 0.05) is 5.69 Å². The number of nitrogens with zero attached hydrogens (tertiary/aromatic N) is 2. The van der Waals surface area contributed by atoms with Crippen LogP contribution in [-0.2, 0) is 0 Å². The summed E-state index contributed by atoms with van der Waals surface area (Å²) in [5.74, 6) is -1.01. The maximum atomic E-state index is 11.7. The number of para-hydroxylation sites is 1. The summed E-state index contributed by atoms with van der Waals surface area (Å²) in [6.45, 7) is 0. The Hall–Kier alpha value is -3.22. The molecule has 0 bridgehead atoms. The highest BCUT2D eigenvalue weighted by Gasteiger charge is 2.15. The Morgan fingerprint density at radius 1 is 1.24 bits per heavy atom. The first-order chi connectivity index (χ1) is 10.1. The fourth-order valence-corrected chi connectivity index (χ4v) is 1.94. The third-order valence-corrected chi connectivity index (χ3v) is 2.92. The van der Waals surface area contributed by atoms with Crippen molar-refractivity contribution in [3.05, 3.63) is 58.5 Å². The van der Waals surface area contributed by atoms with Crippen LogP contribution in [0.2, 0.25) is 0 Å². The Bertz CT molecular complexity index is 874. The van der Waals surface area contributed by atoms with Crippen LogP contribution in [0.15, 0.2) is 47.4 Å². The molecule has 7 nitrogen and oxygen atoms in total. The zero-order valence-corrected chi connectivity index (χ0v) is 10.7. The van der Waals surface area contributed by atoms with Crippen molar-refractivity contribution in [2.24, 2.45) is 0 Å². The molecule has 0 unspecified atom stereocenters. The first-order valence-corrected chi connectivity index (χ1v) is 6.09. The average Bonchev–Trinajstić information content (AvgIpc) is 2.48. The molecule has 2 heterocycles. The van der Waals surface area contributed by atoms with Crippen LogP contribution in [0.25, 0.3) is 10.9 Å². The van der Waals surface area contributed by atoms with Crippen molar-refractivity contribution in [2.75, 3.05) is 5.32 Å². The minimum Gasteiger partial charge on any atom is -0.478 e. The van der Waals surface area contributed by atoms with E-state index in [9.17, 15) is 14.7 Å². The number of aromatic amines is 1. The predicted molar refractivity (Wildman–Crippen MR) is 76.8 cm³/mol. The fraction of sp³-hybridized carbons (Fsp3) is 0. The van der Waals surface area contributed by atoms with Crippen molar-refractivity contribution in [1.82, 2.24) is 15.2 Å². The van der Waals surface area contributed by atoms with Gasteiger partial charge in [-0.05, 0) is 18.2 Å². The summed E-state index contributed by atoms with van der Waals surface area (Å²) in [4.78, 5) is 27.2. The summed E-state index contributed by atoms with van der Waals surface area (Å²) < 4.78 is 0. The minimum atomic E-state index is -1.17. The molecule has 21 heavy (non-hydrogen) atoms. The van der Waals surface area contributed by atoms with Crippen LogP contribution in [0.5, 0.6) is 0 Å². The third kappa shape index (κ3) is 2.44. The monoisotopic (exact) mass is 282 g/mol. The fourth-order valence-electron chi connectivity index (χ4n) is 1.94. The number of hydrogen-bond acceptors (Lipinski definition) is 5. The van der Waals surface area contributed by atoms with Crippen LogP contribution in [0, 0.1) is 0 Å². The van der Waals surface area contributed by atoms with Crippen LogP contribution < -0.4 is 10.9 Å². The van der Waals surface area contributed by atoms with E-state index in [1.54, 1.807) is 12.1 Å². The van der Waals surface area contributed by atoms with E-state index >= 15 is 0 Å². The number of aromatic nitrogens is 3. The maximum absolute atomic E-state index is 11.7. The second kappa shape index (κ2) is 5.04. The first-order valence-electron chi connectivity index (χ1n) is 6.09. The Morgan fingerprint density at radius 2 is 2.00 bits per heavy atom. The smallest absolute Gasteiger partial charge is 0.339 e. The zero-order valence-electron chi connectivity index (χ0n) is 10.7. The summed E-state index contributed by atoms with van der Waals surface area (Å²) in [5.41, 5.74) is 0.462. The molecule has 0 atom stereocenters. The second-order valence-corrected chi connectivity index (χ2v) is 4.31. The predicted octanol–water partition coefficient (Wildman–Crippen LogP) is 1.76. The molecule has 1 aromatic carbocycles. The molecule has 0 aliphatic carbocycles. The molecule has 2 aromatic heterocycles. The molecule has 0 radical (unpaired) electrons. The number of carboxylic acids is 1. The van der Waals surface area contributed by atoms with E-state index in [1.807, 2.05) is 18.2 Å². The summed E-state index contributed by atoms with van der Waals surface area (Å²) in [5, 5.41) is 18.3. The summed E-state index contributed by atoms with van der Waals surface area (Å²) in [6.07, 6.45) is 1.37. The van der Waals surface area contributed by atoms with Crippen molar-refractivity contribution in [3.8, 4) is 0 Å². The number of fused-ring (bicyclic) bond motifs is 1. The highest BCUT2D eigenvalue weighted by atomic mass is 16.4. The van der Waals surface area contributed by atoms with Crippen molar-refractivity contribution in [3.63, 3.8) is 0 Å². The normalized spacial score (nSPS) is 10.5. The van der Waals surface area contributed by atoms with Crippen molar-refractivity contribution in [2.45, 2.75) is 0 Å². The number of anilines is 2. The van der Waals surface area contributed by atoms with Gasteiger partial charge < -0.3 is 10.4 Å². The van der Waals surface area contributed by atoms with E-state index in [-0.39, 0.29) is 16.8 Å². The van der Waals surface area contributed by atoms with Gasteiger partial charge in [-0.1, -0.05) is 18.2 Å². The molecule has 7 heteroatoms. The summed E-state index contributed by atoms with van der Waals surface area (Å²) in [6, 6.07) is 10.3. The lowest BCUT2D eigenvalue weighted by molar-refractivity contribution is 0.0698. The maximum Gasteiger partial charge on any atom is 0.339 e. The lowest BCUT2D eigenvalue weighted by Crippen LogP contribution is -2.12. The van der Waals surface area contributed by atoms with Gasteiger partial charge in [0.25, 0.3) is 5.56 Å². The van der Waals surface area contributed by atoms with Gasteiger partial charge in [0.2, 0.25) is 0 Å². The van der Waals surface area contributed by atoms with Gasteiger partial charge in [0.1, 0.15) is 11.4 Å². The topological polar surface area (TPSA) is 108 Å². The standard InChI is InChI=1S/C14H10N4O3/c19-13-9-6-10(14(20)21)12(17-11(9)7-15-18-13)16-8-4-2-1-3-5-8/h1-7H,(H,16,17)(H,18,19)(H,20,21). The van der Waals surface area contributed by atoms with E-state index in [0.29, 0.717) is 11.2 Å². The molecule has 0 aliphatic heterocycles. The van der Waals surface area contributed by atoms with E-state index in [0.717, 1.165) is 0 Å². The molecule has 0 aliphatic rings. The van der Waals surface area contributed by atoms with Gasteiger partial charge >= 0.3 is 5.97 Å². The van der Waals surface area contributed by atoms with Gasteiger partial charge in [-0.2, -0.15) is 5.10 Å². The summed E-state index contributed by atoms with van der Waals surface area (Å²) >= 11 is 0. The Morgan fingerprint density at radius 3 is 2.71 bits per heavy atom. The SMILES string of the molecule is O=C(O)c1cc2c(=O)[nH]ncc2nc1Nc1ccccc1. The third-order valence-electron chi connectivity index (χ3n) is 2.92. The van der Waals surface area contributed by atoms with E-state index in [4.69, 9.17) is 0 Å². The number of carboxylic acid groups (broad SMARTS) is 1. The molecule has 0 saturated heterocycles. The van der Waals surface area contributed by atoms with Crippen molar-refractivity contribution in [1.29, 1.82) is 0 Å². The minimum absolute atomic E-state index is 0.0805. The Balaban J connectivity index is 2.18. The highest BCUT2D eigenvalue weighted by Crippen LogP contribution is 2.21. The number of hydrogen-bond donors (Lipinski definition) is 3. The Labute approximate surface area is 118 Å². The molecule has 3 N–H and O–H groups in total. The second-order valence-electron chi connectivity index (χ2n) is 4.31. The molecular formula is C14H10N4O3. The van der Waals surface area contributed by atoms with Crippen LogP contribution in [0.3, 0.4) is 0 Å². The number of benzene rings is 1. The Kier molecular flexibility index (Phi) is 3.07. The van der Waals surface area contributed by atoms with Gasteiger partial charge in [-0.15, -0.1) is 0 Å². The van der Waals surface area contributed by atoms with Crippen molar-refractivity contribution >= 4 is 28.4 Å². The molecule has 104 valence electrons. The molecule has 0 saturated carbocycles. The number of rotatable bonds is 3. The van der Waals surface area contributed by atoms with Crippen LogP contribution >= 0.6 is 0 Å². The molecule has 0 fully saturated rings. The molecular weight excluding hydrogens is 272 g/mol. The first kappa shape index (κ1) is 12.8. The molecule has 3 aromatic rings. The van der Waals surface area contributed by atoms with E-state index in [1.165, 1.54) is 12.3 Å². The number of carbonyl (C=O) groups is 1. The van der Waals surface area contributed by atoms with Crippen LogP contribution in [0.4, 0.5) is 11.5 Å². The van der Waals surface area contributed by atoms with E-state index < -0.39 is 11.5 Å². The van der Waals surface area contributed by atoms with Crippen LogP contribution in [-0.4, -0.2) is 26.3 Å². The van der Waals surface area contributed by atoms with E-state index in [2.05, 4.69) is 20.5 Å². The van der Waals surface area contributed by atoms with Gasteiger partial charge in [-0.25, -0.2) is 14.9 Å². The average molecular weight is 282 g/mol. The quantitative estimate of drug-likeness (QED) is 0.675. The lowest BCUT2D eigenvalue weighted by atomic mass is 10.2. The largest absolute Gasteiger partial charge is 0.478 e. The van der Waals surface area contributed by atoms with Crippen LogP contribution in [0.1, 0.15) is 10.4 Å². The highest BCUT2D eigenvalue weighted by molar-refractivity contribution is 5.98. The summed E-state index contributed by atoms with van der Waals surface area (Å²) in [7, 11) is 0. The lowest BCUT2D eigenvalue weighted by Gasteiger charge is -2.09. The van der Waals surface area contributed by atoms with Gasteiger partial charge in [-0.3, -0.25) is 4.79 Å². The molecule has 3 rings (SSSR count). The number of H-pyrrole nitrogens is 1. The number of nitrogens with one attached hydrogen (secondary N) is 2.